The van der Waals surface area contributed by atoms with Crippen LogP contribution < -0.4 is 10.6 Å². The van der Waals surface area contributed by atoms with E-state index in [1.54, 1.807) is 42.5 Å². The van der Waals surface area contributed by atoms with Crippen LogP contribution in [0.4, 0.5) is 11.5 Å². The van der Waals surface area contributed by atoms with Gasteiger partial charge >= 0.3 is 0 Å². The van der Waals surface area contributed by atoms with Crippen LogP contribution in [0.5, 0.6) is 0 Å². The van der Waals surface area contributed by atoms with Gasteiger partial charge in [-0.25, -0.2) is 4.98 Å². The van der Waals surface area contributed by atoms with E-state index >= 15 is 0 Å². The molecule has 130 valence electrons. The Kier molecular flexibility index (Phi) is 5.46. The zero-order chi connectivity index (χ0) is 18.5. The first kappa shape index (κ1) is 17.8. The minimum atomic E-state index is -0.464. The number of halogens is 2. The Morgan fingerprint density at radius 1 is 0.808 bits per heavy atom. The first-order valence-electron chi connectivity index (χ1n) is 7.48. The van der Waals surface area contributed by atoms with Crippen LogP contribution in [0.25, 0.3) is 0 Å². The molecule has 3 rings (SSSR count). The average molecular weight is 387 g/mol. The summed E-state index contributed by atoms with van der Waals surface area (Å²) in [6, 6.07) is 12.9. The van der Waals surface area contributed by atoms with Gasteiger partial charge < -0.3 is 10.6 Å². The van der Waals surface area contributed by atoms with Crippen molar-refractivity contribution in [2.24, 2.45) is 0 Å². The molecule has 2 heterocycles. The average Bonchev–Trinajstić information content (AvgIpc) is 2.62. The van der Waals surface area contributed by atoms with Crippen LogP contribution in [0.3, 0.4) is 0 Å². The van der Waals surface area contributed by atoms with Crippen LogP contribution in [0.1, 0.15) is 20.8 Å². The third-order valence-corrected chi connectivity index (χ3v) is 3.98. The molecule has 2 aromatic heterocycles. The maximum Gasteiger partial charge on any atom is 0.275 e. The van der Waals surface area contributed by atoms with Crippen molar-refractivity contribution in [1.29, 1.82) is 0 Å². The maximum absolute atomic E-state index is 12.4. The second-order valence-corrected chi connectivity index (χ2v) is 5.96. The molecule has 0 bridgehead atoms. The fourth-order valence-electron chi connectivity index (χ4n) is 2.16. The van der Waals surface area contributed by atoms with Gasteiger partial charge in [0.1, 0.15) is 11.5 Å². The Morgan fingerprint density at radius 2 is 1.58 bits per heavy atom. The molecule has 8 heteroatoms. The van der Waals surface area contributed by atoms with Gasteiger partial charge in [0.15, 0.2) is 0 Å². The molecule has 2 N–H and O–H groups in total. The van der Waals surface area contributed by atoms with Crippen LogP contribution in [0.15, 0.2) is 60.9 Å². The monoisotopic (exact) mass is 386 g/mol. The third kappa shape index (κ3) is 4.17. The highest BCUT2D eigenvalue weighted by atomic mass is 35.5. The molecule has 0 radical (unpaired) electrons. The molecule has 0 saturated carbocycles. The van der Waals surface area contributed by atoms with Crippen molar-refractivity contribution in [3.63, 3.8) is 0 Å². The summed E-state index contributed by atoms with van der Waals surface area (Å²) in [6.07, 6.45) is 2.98. The van der Waals surface area contributed by atoms with Crippen LogP contribution in [0.2, 0.25) is 10.0 Å². The minimum absolute atomic E-state index is 0.173. The molecule has 0 unspecified atom stereocenters. The molecule has 0 fully saturated rings. The predicted octanol–water partition coefficient (Wildman–Crippen LogP) is 4.29. The number of pyridine rings is 2. The topological polar surface area (TPSA) is 84.0 Å². The Bertz CT molecular complexity index is 944. The Balaban J connectivity index is 1.75. The van der Waals surface area contributed by atoms with E-state index in [2.05, 4.69) is 20.6 Å². The standard InChI is InChI=1S/C18H12Cl2N4O2/c19-12-4-3-5-13(20)16(12)18(26)23-11-7-9-22-15(10-11)24-17(25)14-6-1-2-8-21-14/h1-10H,(H2,22,23,24,25,26). The number of carbonyl (C=O) groups is 2. The summed E-state index contributed by atoms with van der Waals surface area (Å²) in [5.74, 6) is -0.603. The molecule has 1 aromatic carbocycles. The number of carbonyl (C=O) groups excluding carboxylic acids is 2. The van der Waals surface area contributed by atoms with Crippen LogP contribution in [0, 0.1) is 0 Å². The predicted molar refractivity (Wildman–Crippen MR) is 101 cm³/mol. The fourth-order valence-corrected chi connectivity index (χ4v) is 2.73. The molecule has 2 amide bonds. The van der Waals surface area contributed by atoms with Gasteiger partial charge in [0, 0.05) is 24.1 Å². The van der Waals surface area contributed by atoms with Crippen molar-refractivity contribution in [2.75, 3.05) is 10.6 Å². The van der Waals surface area contributed by atoms with Crippen LogP contribution in [-0.2, 0) is 0 Å². The van der Waals surface area contributed by atoms with Gasteiger partial charge in [-0.15, -0.1) is 0 Å². The van der Waals surface area contributed by atoms with Crippen LogP contribution in [-0.4, -0.2) is 21.8 Å². The number of anilines is 2. The number of hydrogen-bond donors (Lipinski definition) is 2. The molecule has 26 heavy (non-hydrogen) atoms. The smallest absolute Gasteiger partial charge is 0.275 e. The van der Waals surface area contributed by atoms with Gasteiger partial charge in [0.05, 0.1) is 15.6 Å². The van der Waals surface area contributed by atoms with Crippen molar-refractivity contribution >= 4 is 46.5 Å². The third-order valence-electron chi connectivity index (χ3n) is 3.35. The number of benzene rings is 1. The van der Waals surface area contributed by atoms with E-state index in [9.17, 15) is 9.59 Å². The van der Waals surface area contributed by atoms with Gasteiger partial charge in [-0.2, -0.15) is 0 Å². The van der Waals surface area contributed by atoms with Crippen LogP contribution >= 0.6 is 23.2 Å². The Labute approximate surface area is 159 Å². The normalized spacial score (nSPS) is 10.2. The van der Waals surface area contributed by atoms with Crippen molar-refractivity contribution < 1.29 is 9.59 Å². The van der Waals surface area contributed by atoms with Gasteiger partial charge in [0.2, 0.25) is 0 Å². The van der Waals surface area contributed by atoms with Crippen molar-refractivity contribution in [3.05, 3.63) is 82.2 Å². The van der Waals surface area contributed by atoms with Crippen molar-refractivity contribution in [3.8, 4) is 0 Å². The highest BCUT2D eigenvalue weighted by Crippen LogP contribution is 2.25. The van der Waals surface area contributed by atoms with E-state index in [0.29, 0.717) is 5.69 Å². The molecule has 0 aliphatic carbocycles. The Morgan fingerprint density at radius 3 is 2.27 bits per heavy atom. The largest absolute Gasteiger partial charge is 0.322 e. The summed E-state index contributed by atoms with van der Waals surface area (Å²) in [5.41, 5.74) is 0.857. The molecular weight excluding hydrogens is 375 g/mol. The van der Waals surface area contributed by atoms with Gasteiger partial charge in [-0.1, -0.05) is 35.3 Å². The summed E-state index contributed by atoms with van der Waals surface area (Å²) >= 11 is 12.1. The molecular formula is C18H12Cl2N4O2. The first-order chi connectivity index (χ1) is 12.5. The summed E-state index contributed by atoms with van der Waals surface area (Å²) in [4.78, 5) is 32.6. The minimum Gasteiger partial charge on any atom is -0.322 e. The van der Waals surface area contributed by atoms with E-state index in [-0.39, 0.29) is 27.1 Å². The molecule has 3 aromatic rings. The number of rotatable bonds is 4. The summed E-state index contributed by atoms with van der Waals surface area (Å²) < 4.78 is 0. The highest BCUT2D eigenvalue weighted by molar-refractivity contribution is 6.40. The molecule has 0 saturated heterocycles. The number of nitrogens with one attached hydrogen (secondary N) is 2. The lowest BCUT2D eigenvalue weighted by atomic mass is 10.2. The number of amides is 2. The zero-order valence-electron chi connectivity index (χ0n) is 13.2. The van der Waals surface area contributed by atoms with E-state index in [4.69, 9.17) is 23.2 Å². The quantitative estimate of drug-likeness (QED) is 0.700. The van der Waals surface area contributed by atoms with E-state index in [0.717, 1.165) is 0 Å². The number of hydrogen-bond acceptors (Lipinski definition) is 4. The fraction of sp³-hybridized carbons (Fsp3) is 0. The number of aromatic nitrogens is 2. The second-order valence-electron chi connectivity index (χ2n) is 5.15. The van der Waals surface area contributed by atoms with E-state index < -0.39 is 11.8 Å². The lowest BCUT2D eigenvalue weighted by molar-refractivity contribution is 0.101. The zero-order valence-corrected chi connectivity index (χ0v) is 14.8. The molecule has 0 aliphatic rings. The van der Waals surface area contributed by atoms with E-state index in [1.807, 2.05) is 0 Å². The lowest BCUT2D eigenvalue weighted by Gasteiger charge is -2.10. The van der Waals surface area contributed by atoms with Crippen molar-refractivity contribution in [1.82, 2.24) is 9.97 Å². The first-order valence-corrected chi connectivity index (χ1v) is 8.24. The molecule has 0 aliphatic heterocycles. The summed E-state index contributed by atoms with van der Waals surface area (Å²) in [7, 11) is 0. The second kappa shape index (κ2) is 7.95. The maximum atomic E-state index is 12.4. The molecule has 0 spiro atoms. The van der Waals surface area contributed by atoms with Crippen molar-refractivity contribution in [2.45, 2.75) is 0 Å². The molecule has 6 nitrogen and oxygen atoms in total. The van der Waals surface area contributed by atoms with Gasteiger partial charge in [-0.05, 0) is 30.3 Å². The highest BCUT2D eigenvalue weighted by Gasteiger charge is 2.15. The SMILES string of the molecule is O=C(Nc1cc(NC(=O)c2c(Cl)cccc2Cl)ccn1)c1ccccn1. The molecule has 0 atom stereocenters. The Hall–Kier alpha value is -2.96. The lowest BCUT2D eigenvalue weighted by Crippen LogP contribution is -2.16. The van der Waals surface area contributed by atoms with E-state index in [1.165, 1.54) is 18.5 Å². The van der Waals surface area contributed by atoms with Gasteiger partial charge in [-0.3, -0.25) is 14.6 Å². The van der Waals surface area contributed by atoms with Gasteiger partial charge in [0.25, 0.3) is 11.8 Å². The summed E-state index contributed by atoms with van der Waals surface area (Å²) in [6.45, 7) is 0. The number of nitrogens with zero attached hydrogens (tertiary/aromatic N) is 2. The summed E-state index contributed by atoms with van der Waals surface area (Å²) in [5, 5.41) is 5.78.